The van der Waals surface area contributed by atoms with Crippen molar-refractivity contribution in [2.45, 2.75) is 32.9 Å². The molecule has 1 unspecified atom stereocenters. The number of anilines is 1. The van der Waals surface area contributed by atoms with Crippen LogP contribution >= 0.6 is 0 Å². The van der Waals surface area contributed by atoms with E-state index in [2.05, 4.69) is 45.7 Å². The molecule has 6 nitrogen and oxygen atoms in total. The van der Waals surface area contributed by atoms with Crippen molar-refractivity contribution >= 4 is 11.9 Å². The predicted octanol–water partition coefficient (Wildman–Crippen LogP) is 6.75. The molecule has 204 valence electrons. The van der Waals surface area contributed by atoms with E-state index < -0.39 is 5.82 Å². The zero-order valence-corrected chi connectivity index (χ0v) is 23.0. The molecule has 0 fully saturated rings. The van der Waals surface area contributed by atoms with Crippen molar-refractivity contribution in [3.8, 4) is 17.0 Å². The number of aromatic nitrogens is 2. The number of rotatable bonds is 9. The summed E-state index contributed by atoms with van der Waals surface area (Å²) in [4.78, 5) is 24.9. The molecule has 0 bridgehead atoms. The molecular formula is C33H33FN4O2. The summed E-state index contributed by atoms with van der Waals surface area (Å²) in [5.41, 5.74) is 4.09. The summed E-state index contributed by atoms with van der Waals surface area (Å²) in [5.74, 6) is 0.692. The third kappa shape index (κ3) is 5.88. The maximum absolute atomic E-state index is 15.1. The Morgan fingerprint density at radius 2 is 2.00 bits per heavy atom. The van der Waals surface area contributed by atoms with Crippen LogP contribution in [0.4, 0.5) is 10.3 Å². The highest BCUT2D eigenvalue weighted by Gasteiger charge is 2.26. The molecule has 1 N–H and O–H groups in total. The number of fused-ring (bicyclic) bond motifs is 1. The van der Waals surface area contributed by atoms with Crippen LogP contribution in [0.1, 0.15) is 36.2 Å². The molecule has 0 aliphatic heterocycles. The van der Waals surface area contributed by atoms with Crippen molar-refractivity contribution in [2.24, 2.45) is 5.92 Å². The van der Waals surface area contributed by atoms with Crippen LogP contribution in [0.3, 0.4) is 0 Å². The highest BCUT2D eigenvalue weighted by atomic mass is 19.1. The maximum Gasteiger partial charge on any atom is 0.258 e. The highest BCUT2D eigenvalue weighted by Crippen LogP contribution is 2.31. The van der Waals surface area contributed by atoms with Gasteiger partial charge in [0.15, 0.2) is 0 Å². The molecule has 2 aliphatic carbocycles. The number of hydrogen-bond acceptors (Lipinski definition) is 5. The second-order valence-electron chi connectivity index (χ2n) is 10.1. The Labute approximate surface area is 234 Å². The number of carbonyl (C=O) groups is 1. The van der Waals surface area contributed by atoms with E-state index in [4.69, 9.17) is 4.74 Å². The van der Waals surface area contributed by atoms with Crippen molar-refractivity contribution in [3.63, 3.8) is 0 Å². The molecule has 0 spiro atoms. The number of nitrogens with one attached hydrogen (secondary N) is 1. The number of nitrogens with zero attached hydrogens (tertiary/aromatic N) is 3. The van der Waals surface area contributed by atoms with Crippen molar-refractivity contribution in [3.05, 3.63) is 119 Å². The fourth-order valence-electron chi connectivity index (χ4n) is 5.02. The summed E-state index contributed by atoms with van der Waals surface area (Å²) in [6.07, 6.45) is 15.2. The summed E-state index contributed by atoms with van der Waals surface area (Å²) in [6, 6.07) is 13.9. The lowest BCUT2D eigenvalue weighted by atomic mass is 9.84. The molecule has 1 atom stereocenters. The molecular weight excluding hydrogens is 503 g/mol. The molecule has 0 saturated carbocycles. The first-order valence-corrected chi connectivity index (χ1v) is 13.5. The molecule has 1 heterocycles. The normalized spacial score (nSPS) is 15.8. The van der Waals surface area contributed by atoms with Crippen LogP contribution in [-0.2, 0) is 6.54 Å². The first-order valence-electron chi connectivity index (χ1n) is 13.5. The van der Waals surface area contributed by atoms with Gasteiger partial charge in [-0.2, -0.15) is 0 Å². The molecule has 1 aromatic heterocycles. The van der Waals surface area contributed by atoms with Crippen LogP contribution in [0, 0.1) is 11.7 Å². The third-order valence-electron chi connectivity index (χ3n) is 7.17. The molecule has 7 heteroatoms. The Morgan fingerprint density at radius 1 is 1.15 bits per heavy atom. The minimum Gasteiger partial charge on any atom is -0.497 e. The lowest BCUT2D eigenvalue weighted by molar-refractivity contribution is 0.0690. The fourth-order valence-corrected chi connectivity index (χ4v) is 5.02. The summed E-state index contributed by atoms with van der Waals surface area (Å²) < 4.78 is 20.4. The van der Waals surface area contributed by atoms with Crippen molar-refractivity contribution in [2.75, 3.05) is 19.0 Å². The average molecular weight is 537 g/mol. The summed E-state index contributed by atoms with van der Waals surface area (Å²) >= 11 is 0. The van der Waals surface area contributed by atoms with E-state index in [-0.39, 0.29) is 28.8 Å². The number of amides is 1. The minimum absolute atomic E-state index is 0.123. The van der Waals surface area contributed by atoms with Crippen LogP contribution in [0.5, 0.6) is 5.75 Å². The zero-order chi connectivity index (χ0) is 28.1. The third-order valence-corrected chi connectivity index (χ3v) is 7.17. The number of allylic oxidation sites excluding steroid dienone is 6. The Hall–Kier alpha value is -4.52. The van der Waals surface area contributed by atoms with Gasteiger partial charge in [-0.3, -0.25) is 4.79 Å². The smallest absolute Gasteiger partial charge is 0.258 e. The van der Waals surface area contributed by atoms with Gasteiger partial charge < -0.3 is 15.0 Å². The number of halogens is 1. The van der Waals surface area contributed by atoms with Crippen LogP contribution in [0.15, 0.2) is 102 Å². The first-order chi connectivity index (χ1) is 19.4. The van der Waals surface area contributed by atoms with Gasteiger partial charge in [0.05, 0.1) is 18.4 Å². The Kier molecular flexibility index (Phi) is 8.20. The maximum atomic E-state index is 15.1. The summed E-state index contributed by atoms with van der Waals surface area (Å²) in [7, 11) is 1.61. The Bertz CT molecular complexity index is 1520. The fraction of sp³-hybridized carbons (Fsp3) is 0.242. The largest absolute Gasteiger partial charge is 0.497 e. The topological polar surface area (TPSA) is 67.3 Å². The lowest BCUT2D eigenvalue weighted by Gasteiger charge is -2.28. The van der Waals surface area contributed by atoms with E-state index in [0.717, 1.165) is 23.3 Å². The number of methoxy groups -OCH3 is 1. The van der Waals surface area contributed by atoms with E-state index >= 15 is 4.39 Å². The predicted molar refractivity (Wildman–Crippen MR) is 156 cm³/mol. The van der Waals surface area contributed by atoms with Gasteiger partial charge in [-0.1, -0.05) is 60.7 Å². The van der Waals surface area contributed by atoms with E-state index in [1.165, 1.54) is 17.8 Å². The van der Waals surface area contributed by atoms with E-state index in [1.54, 1.807) is 30.2 Å². The number of benzene rings is 2. The zero-order valence-electron chi connectivity index (χ0n) is 23.0. The molecule has 1 amide bonds. The Morgan fingerprint density at radius 3 is 2.80 bits per heavy atom. The van der Waals surface area contributed by atoms with Gasteiger partial charge in [-0.15, -0.1) is 0 Å². The van der Waals surface area contributed by atoms with Crippen molar-refractivity contribution < 1.29 is 13.9 Å². The molecule has 0 saturated heterocycles. The minimum atomic E-state index is -0.452. The van der Waals surface area contributed by atoms with Crippen molar-refractivity contribution in [1.82, 2.24) is 14.9 Å². The number of carbonyl (C=O) groups excluding carboxylic acids is 1. The Balaban J connectivity index is 1.47. The SMILES string of the molecule is COc1cccc(CN(C(=O)c2cnc(NCC3=C4C=CC=CC4CC=C3)nc2-c2ccccc2F)C(C)C)c1. The summed E-state index contributed by atoms with van der Waals surface area (Å²) in [5, 5.41) is 3.30. The second-order valence-corrected chi connectivity index (χ2v) is 10.1. The molecule has 2 aromatic carbocycles. The van der Waals surface area contributed by atoms with Crippen molar-refractivity contribution in [1.29, 1.82) is 0 Å². The molecule has 0 radical (unpaired) electrons. The van der Waals surface area contributed by atoms with Gasteiger partial charge in [0.1, 0.15) is 11.6 Å². The molecule has 5 rings (SSSR count). The summed E-state index contributed by atoms with van der Waals surface area (Å²) in [6.45, 7) is 4.77. The van der Waals surface area contributed by atoms with Crippen LogP contribution in [0.2, 0.25) is 0 Å². The quantitative estimate of drug-likeness (QED) is 0.328. The van der Waals surface area contributed by atoms with E-state index in [1.807, 2.05) is 44.2 Å². The standard InChI is InChI=1S/C33H33FN4O2/c1-22(2)38(21-23-10-8-14-26(18-23)40-3)32(39)29-20-36-33(37-31(29)28-16-6-7-17-30(28)34)35-19-25-13-9-12-24-11-4-5-15-27(24)25/h4-11,13-18,20,22,24H,12,19,21H2,1-3H3,(H,35,36,37). The molecule has 2 aliphatic rings. The first kappa shape index (κ1) is 27.1. The highest BCUT2D eigenvalue weighted by molar-refractivity contribution is 6.00. The number of hydrogen-bond donors (Lipinski definition) is 1. The van der Waals surface area contributed by atoms with Crippen LogP contribution < -0.4 is 10.1 Å². The van der Waals surface area contributed by atoms with Gasteiger partial charge >= 0.3 is 0 Å². The van der Waals surface area contributed by atoms with E-state index in [0.29, 0.717) is 25.0 Å². The molecule has 40 heavy (non-hydrogen) atoms. The van der Waals surface area contributed by atoms with Crippen LogP contribution in [-0.4, -0.2) is 40.5 Å². The second kappa shape index (κ2) is 12.1. The van der Waals surface area contributed by atoms with Gasteiger partial charge in [-0.05, 0) is 61.2 Å². The lowest BCUT2D eigenvalue weighted by Crippen LogP contribution is -2.37. The van der Waals surface area contributed by atoms with E-state index in [9.17, 15) is 4.79 Å². The monoisotopic (exact) mass is 536 g/mol. The number of ether oxygens (including phenoxy) is 1. The van der Waals surface area contributed by atoms with Gasteiger partial charge in [0.25, 0.3) is 5.91 Å². The van der Waals surface area contributed by atoms with Gasteiger partial charge in [-0.25, -0.2) is 14.4 Å². The average Bonchev–Trinajstić information content (AvgIpc) is 2.98. The van der Waals surface area contributed by atoms with Crippen LogP contribution in [0.25, 0.3) is 11.3 Å². The van der Waals surface area contributed by atoms with Gasteiger partial charge in [0.2, 0.25) is 5.95 Å². The van der Waals surface area contributed by atoms with Gasteiger partial charge in [0, 0.05) is 36.8 Å². The molecule has 3 aromatic rings.